The van der Waals surface area contributed by atoms with Crippen molar-refractivity contribution in [1.82, 2.24) is 8.47 Å². The van der Waals surface area contributed by atoms with Crippen LogP contribution in [0.2, 0.25) is 39.3 Å². The summed E-state index contributed by atoms with van der Waals surface area (Å²) in [6, 6.07) is 0. The van der Waals surface area contributed by atoms with Crippen LogP contribution in [0.4, 0.5) is 0 Å². The van der Waals surface area contributed by atoms with Crippen LogP contribution in [-0.4, -0.2) is 24.9 Å². The summed E-state index contributed by atoms with van der Waals surface area (Å²) in [5.74, 6) is 0.137. The van der Waals surface area contributed by atoms with E-state index in [1.807, 2.05) is 37.7 Å². The summed E-state index contributed by atoms with van der Waals surface area (Å²) in [7, 11) is -3.84. The molecule has 0 aromatic carbocycles. The molecule has 6 heteroatoms. The summed E-state index contributed by atoms with van der Waals surface area (Å²) in [6.45, 7) is 16.5. The second-order valence-electron chi connectivity index (χ2n) is 7.37. The van der Waals surface area contributed by atoms with E-state index in [9.17, 15) is 9.59 Å². The molecule has 19 heavy (non-hydrogen) atoms. The van der Waals surface area contributed by atoms with Gasteiger partial charge in [-0.25, -0.2) is 4.79 Å². The highest BCUT2D eigenvalue weighted by molar-refractivity contribution is 6.75. The van der Waals surface area contributed by atoms with Gasteiger partial charge in [0, 0.05) is 11.8 Å². The Balaban J connectivity index is 3.89. The van der Waals surface area contributed by atoms with Crippen LogP contribution in [0.3, 0.4) is 0 Å². The van der Waals surface area contributed by atoms with Gasteiger partial charge in [-0.15, -0.1) is 0 Å². The van der Waals surface area contributed by atoms with E-state index in [1.54, 1.807) is 10.4 Å². The Hall–Kier alpha value is -0.886. The summed E-state index contributed by atoms with van der Waals surface area (Å²) in [4.78, 5) is 25.2. The van der Waals surface area contributed by atoms with Gasteiger partial charge < -0.3 is 4.23 Å². The van der Waals surface area contributed by atoms with Gasteiger partial charge in [0.05, 0.1) is 0 Å². The molecule has 0 aliphatic rings. The summed E-state index contributed by atoms with van der Waals surface area (Å²) in [6.07, 6.45) is 1.80. The Labute approximate surface area is 117 Å². The first-order chi connectivity index (χ1) is 8.37. The lowest BCUT2D eigenvalue weighted by atomic mass is 10.1. The Morgan fingerprint density at radius 2 is 1.42 bits per heavy atom. The first kappa shape index (κ1) is 16.2. The van der Waals surface area contributed by atoms with Gasteiger partial charge in [-0.05, 0) is 5.92 Å². The van der Waals surface area contributed by atoms with Crippen molar-refractivity contribution in [2.24, 2.45) is 0 Å². The lowest BCUT2D eigenvalue weighted by molar-refractivity contribution is 0.768. The van der Waals surface area contributed by atoms with Crippen molar-refractivity contribution < 1.29 is 0 Å². The Kier molecular flexibility index (Phi) is 4.17. The summed E-state index contributed by atoms with van der Waals surface area (Å²) >= 11 is 0. The van der Waals surface area contributed by atoms with E-state index in [0.717, 1.165) is 5.56 Å². The molecule has 1 aromatic heterocycles. The molecule has 0 amide bonds. The van der Waals surface area contributed by atoms with Gasteiger partial charge in [-0.3, -0.25) is 9.03 Å². The molecule has 0 fully saturated rings. The highest BCUT2D eigenvalue weighted by atomic mass is 28.3. The molecule has 1 aromatic rings. The number of hydrogen-bond acceptors (Lipinski definition) is 2. The molecule has 4 nitrogen and oxygen atoms in total. The van der Waals surface area contributed by atoms with E-state index in [1.165, 1.54) is 0 Å². The van der Waals surface area contributed by atoms with Crippen molar-refractivity contribution in [3.8, 4) is 0 Å². The molecule has 108 valence electrons. The number of rotatable bonds is 3. The predicted octanol–water partition coefficient (Wildman–Crippen LogP) is 2.50. The van der Waals surface area contributed by atoms with Crippen molar-refractivity contribution in [2.45, 2.75) is 59.0 Å². The maximum atomic E-state index is 12.7. The van der Waals surface area contributed by atoms with Gasteiger partial charge in [-0.2, -0.15) is 0 Å². The second-order valence-corrected chi connectivity index (χ2v) is 17.0. The Morgan fingerprint density at radius 3 is 1.74 bits per heavy atom. The third-order valence-corrected chi connectivity index (χ3v) is 6.63. The molecule has 0 bridgehead atoms. The molecule has 0 saturated carbocycles. The lowest BCUT2D eigenvalue weighted by Gasteiger charge is -2.27. The highest BCUT2D eigenvalue weighted by Gasteiger charge is 2.28. The lowest BCUT2D eigenvalue weighted by Crippen LogP contribution is -2.57. The maximum absolute atomic E-state index is 12.7. The van der Waals surface area contributed by atoms with E-state index >= 15 is 0 Å². The number of nitrogens with zero attached hydrogens (tertiary/aromatic N) is 2. The zero-order valence-electron chi connectivity index (χ0n) is 13.4. The molecule has 0 aliphatic heterocycles. The van der Waals surface area contributed by atoms with Crippen molar-refractivity contribution in [2.75, 3.05) is 0 Å². The maximum Gasteiger partial charge on any atom is 0.314 e. The first-order valence-electron chi connectivity index (χ1n) is 6.77. The van der Waals surface area contributed by atoms with Crippen LogP contribution in [-0.2, 0) is 0 Å². The van der Waals surface area contributed by atoms with Gasteiger partial charge in [0.2, 0.25) is 0 Å². The molecule has 1 rings (SSSR count). The highest BCUT2D eigenvalue weighted by Crippen LogP contribution is 2.12. The van der Waals surface area contributed by atoms with Crippen molar-refractivity contribution in [3.05, 3.63) is 32.6 Å². The summed E-state index contributed by atoms with van der Waals surface area (Å²) in [5, 5.41) is 0. The predicted molar refractivity (Wildman–Crippen MR) is 86.5 cm³/mol. The quantitative estimate of drug-likeness (QED) is 0.805. The molecule has 0 N–H and O–H groups in total. The minimum Gasteiger partial charge on any atom is -0.329 e. The van der Waals surface area contributed by atoms with Gasteiger partial charge in [0.1, 0.15) is 0 Å². The fraction of sp³-hybridized carbons (Fsp3) is 0.692. The molecule has 0 spiro atoms. The molecule has 0 atom stereocenters. The molecule has 0 radical (unpaired) electrons. The SMILES string of the molecule is CC(C)c1cn([Si](C)(C)C)c(=O)n([Si](C)(C)C)c1=O. The van der Waals surface area contributed by atoms with Gasteiger partial charge >= 0.3 is 5.69 Å². The van der Waals surface area contributed by atoms with Crippen LogP contribution in [0.1, 0.15) is 25.3 Å². The smallest absolute Gasteiger partial charge is 0.314 e. The molecule has 0 unspecified atom stereocenters. The first-order valence-corrected chi connectivity index (χ1v) is 13.7. The fourth-order valence-electron chi connectivity index (χ4n) is 2.04. The second kappa shape index (κ2) is 4.90. The van der Waals surface area contributed by atoms with Crippen molar-refractivity contribution in [3.63, 3.8) is 0 Å². The minimum atomic E-state index is -2.02. The number of hydrogen-bond donors (Lipinski definition) is 0. The van der Waals surface area contributed by atoms with E-state index in [-0.39, 0.29) is 17.2 Å². The normalized spacial score (nSPS) is 13.1. The number of aromatic nitrogens is 2. The standard InChI is InChI=1S/C13H26N2O2Si2/c1-10(2)11-9-14(18(3,4)5)13(17)15(12(11)16)19(6,7)8/h9-10H,1-8H3. The van der Waals surface area contributed by atoms with Gasteiger partial charge in [-0.1, -0.05) is 53.1 Å². The van der Waals surface area contributed by atoms with Crippen LogP contribution >= 0.6 is 0 Å². The molecule has 0 aliphatic carbocycles. The van der Waals surface area contributed by atoms with E-state index in [2.05, 4.69) is 19.6 Å². The van der Waals surface area contributed by atoms with E-state index in [4.69, 9.17) is 0 Å². The van der Waals surface area contributed by atoms with Crippen molar-refractivity contribution in [1.29, 1.82) is 0 Å². The minimum absolute atomic E-state index is 0.0892. The molecular weight excluding hydrogens is 272 g/mol. The van der Waals surface area contributed by atoms with E-state index in [0.29, 0.717) is 0 Å². The van der Waals surface area contributed by atoms with Gasteiger partial charge in [0.15, 0.2) is 16.5 Å². The zero-order chi connectivity index (χ0) is 15.2. The monoisotopic (exact) mass is 298 g/mol. The average Bonchev–Trinajstić information content (AvgIpc) is 2.12. The van der Waals surface area contributed by atoms with Crippen molar-refractivity contribution >= 4 is 16.5 Å². The van der Waals surface area contributed by atoms with Crippen LogP contribution in [0, 0.1) is 0 Å². The zero-order valence-corrected chi connectivity index (χ0v) is 15.4. The van der Waals surface area contributed by atoms with Crippen LogP contribution in [0.15, 0.2) is 15.8 Å². The molecule has 1 heterocycles. The van der Waals surface area contributed by atoms with Gasteiger partial charge in [0.25, 0.3) is 5.56 Å². The Morgan fingerprint density at radius 1 is 0.947 bits per heavy atom. The van der Waals surface area contributed by atoms with Crippen LogP contribution < -0.4 is 11.2 Å². The van der Waals surface area contributed by atoms with E-state index < -0.39 is 16.5 Å². The topological polar surface area (TPSA) is 44.0 Å². The largest absolute Gasteiger partial charge is 0.329 e. The summed E-state index contributed by atoms with van der Waals surface area (Å²) in [5.41, 5.74) is 0.547. The molecular formula is C13H26N2O2Si2. The molecule has 0 saturated heterocycles. The average molecular weight is 299 g/mol. The fourth-order valence-corrected chi connectivity index (χ4v) is 4.76. The third kappa shape index (κ3) is 3.17. The van der Waals surface area contributed by atoms with Crippen LogP contribution in [0.5, 0.6) is 0 Å². The summed E-state index contributed by atoms with van der Waals surface area (Å²) < 4.78 is 3.38. The Bertz CT molecular complexity index is 587. The third-order valence-electron chi connectivity index (χ3n) is 3.13. The van der Waals surface area contributed by atoms with Crippen LogP contribution in [0.25, 0.3) is 0 Å².